The van der Waals surface area contributed by atoms with Crippen LogP contribution in [0.2, 0.25) is 5.28 Å². The van der Waals surface area contributed by atoms with Crippen LogP contribution in [0.25, 0.3) is 11.9 Å². The van der Waals surface area contributed by atoms with Gasteiger partial charge in [-0.15, -0.1) is 0 Å². The Morgan fingerprint density at radius 3 is 2.53 bits per heavy atom. The molecule has 0 aliphatic carbocycles. The molecule has 0 spiro atoms. The number of imidazole rings is 1. The minimum Gasteiger partial charge on any atom is -0.271 e. The lowest BCUT2D eigenvalue weighted by Crippen LogP contribution is -2.09. The third kappa shape index (κ3) is 2.08. The lowest BCUT2D eigenvalue weighted by atomic mass is 10.4. The molecule has 19 heavy (non-hydrogen) atoms. The number of aryl methyl sites for hydroxylation is 1. The summed E-state index contributed by atoms with van der Waals surface area (Å²) >= 11 is 5.94. The van der Waals surface area contributed by atoms with E-state index in [1.54, 1.807) is 29.4 Å². The van der Waals surface area contributed by atoms with Crippen LogP contribution in [0, 0.1) is 13.8 Å². The average molecular weight is 276 g/mol. The van der Waals surface area contributed by atoms with Crippen molar-refractivity contribution < 1.29 is 0 Å². The van der Waals surface area contributed by atoms with Gasteiger partial charge < -0.3 is 0 Å². The molecule has 0 atom stereocenters. The second-order valence-corrected chi connectivity index (χ2v) is 4.28. The molecule has 0 aliphatic heterocycles. The Bertz CT molecular complexity index is 717. The van der Waals surface area contributed by atoms with Crippen molar-refractivity contribution in [2.45, 2.75) is 13.8 Å². The maximum Gasteiger partial charge on any atom is 0.256 e. The van der Waals surface area contributed by atoms with E-state index in [0.29, 0.717) is 11.9 Å². The molecule has 0 bridgehead atoms. The summed E-state index contributed by atoms with van der Waals surface area (Å²) in [6, 6.07) is 1.78. The van der Waals surface area contributed by atoms with Crippen LogP contribution in [-0.2, 0) is 0 Å². The molecule has 0 aromatic carbocycles. The van der Waals surface area contributed by atoms with Gasteiger partial charge >= 0.3 is 0 Å². The molecule has 3 rings (SSSR count). The third-order valence-electron chi connectivity index (χ3n) is 2.76. The number of hydrogen-bond donors (Lipinski definition) is 0. The zero-order chi connectivity index (χ0) is 13.4. The maximum absolute atomic E-state index is 5.94. The van der Waals surface area contributed by atoms with E-state index in [4.69, 9.17) is 11.6 Å². The van der Waals surface area contributed by atoms with Crippen LogP contribution in [0.5, 0.6) is 0 Å². The van der Waals surface area contributed by atoms with Gasteiger partial charge in [0.2, 0.25) is 11.2 Å². The Labute approximate surface area is 113 Å². The summed E-state index contributed by atoms with van der Waals surface area (Å²) in [5, 5.41) is 4.18. The van der Waals surface area contributed by atoms with Crippen molar-refractivity contribution in [3.8, 4) is 11.9 Å². The highest BCUT2D eigenvalue weighted by Gasteiger charge is 2.11. The van der Waals surface area contributed by atoms with Gasteiger partial charge in [0.15, 0.2) is 0 Å². The van der Waals surface area contributed by atoms with E-state index in [1.165, 1.54) is 4.68 Å². The van der Waals surface area contributed by atoms with Crippen molar-refractivity contribution in [3.63, 3.8) is 0 Å². The number of hydrogen-bond acceptors (Lipinski definition) is 5. The van der Waals surface area contributed by atoms with Gasteiger partial charge in [-0.2, -0.15) is 20.1 Å². The summed E-state index contributed by atoms with van der Waals surface area (Å²) in [7, 11) is 0. The molecule has 7 nitrogen and oxygen atoms in total. The summed E-state index contributed by atoms with van der Waals surface area (Å²) in [5.74, 6) is 0.786. The SMILES string of the molecule is Cc1ncn(-c2nc(Cl)nc(-n3cccn3)n2)c1C. The molecule has 0 saturated carbocycles. The van der Waals surface area contributed by atoms with Crippen molar-refractivity contribution in [1.82, 2.24) is 34.3 Å². The fourth-order valence-corrected chi connectivity index (χ4v) is 1.78. The first kappa shape index (κ1) is 11.8. The van der Waals surface area contributed by atoms with Gasteiger partial charge in [0.25, 0.3) is 5.95 Å². The highest BCUT2D eigenvalue weighted by molar-refractivity contribution is 6.28. The minimum atomic E-state index is 0.112. The molecule has 0 amide bonds. The molecular formula is C11H10ClN7. The van der Waals surface area contributed by atoms with Crippen LogP contribution in [-0.4, -0.2) is 34.3 Å². The Kier molecular flexibility index (Phi) is 2.75. The Balaban J connectivity index is 2.15. The maximum atomic E-state index is 5.94. The molecule has 0 unspecified atom stereocenters. The van der Waals surface area contributed by atoms with Crippen LogP contribution in [0.1, 0.15) is 11.4 Å². The summed E-state index contributed by atoms with van der Waals surface area (Å²) < 4.78 is 3.28. The van der Waals surface area contributed by atoms with E-state index < -0.39 is 0 Å². The molecule has 0 fully saturated rings. The lowest BCUT2D eigenvalue weighted by Gasteiger charge is -2.06. The topological polar surface area (TPSA) is 74.3 Å². The summed E-state index contributed by atoms with van der Waals surface area (Å²) in [5.41, 5.74) is 1.87. The van der Waals surface area contributed by atoms with Crippen molar-refractivity contribution in [2.75, 3.05) is 0 Å². The number of nitrogens with zero attached hydrogens (tertiary/aromatic N) is 7. The van der Waals surface area contributed by atoms with Crippen molar-refractivity contribution >= 4 is 11.6 Å². The first-order valence-corrected chi connectivity index (χ1v) is 5.95. The third-order valence-corrected chi connectivity index (χ3v) is 2.93. The van der Waals surface area contributed by atoms with Crippen LogP contribution in [0.3, 0.4) is 0 Å². The monoisotopic (exact) mass is 275 g/mol. The fraction of sp³-hybridized carbons (Fsp3) is 0.182. The van der Waals surface area contributed by atoms with E-state index in [9.17, 15) is 0 Å². The van der Waals surface area contributed by atoms with Gasteiger partial charge in [-0.3, -0.25) is 4.57 Å². The molecule has 0 radical (unpaired) electrons. The molecule has 8 heteroatoms. The molecular weight excluding hydrogens is 266 g/mol. The zero-order valence-electron chi connectivity index (χ0n) is 10.3. The minimum absolute atomic E-state index is 0.112. The first-order chi connectivity index (χ1) is 9.15. The van der Waals surface area contributed by atoms with Gasteiger partial charge in [0.05, 0.1) is 5.69 Å². The van der Waals surface area contributed by atoms with Crippen molar-refractivity contribution in [1.29, 1.82) is 0 Å². The summed E-state index contributed by atoms with van der Waals surface area (Å²) in [4.78, 5) is 16.7. The standard InChI is InChI=1S/C11H10ClN7/c1-7-8(2)18(6-13-7)10-15-9(12)16-11(17-10)19-5-3-4-14-19/h3-6H,1-2H3. The molecule has 0 N–H and O–H groups in total. The molecule has 3 aromatic heterocycles. The smallest absolute Gasteiger partial charge is 0.256 e. The van der Waals surface area contributed by atoms with Gasteiger partial charge in [0.1, 0.15) is 6.33 Å². The molecule has 0 saturated heterocycles. The van der Waals surface area contributed by atoms with Crippen LogP contribution < -0.4 is 0 Å². The predicted molar refractivity (Wildman–Crippen MR) is 68.6 cm³/mol. The molecule has 96 valence electrons. The van der Waals surface area contributed by atoms with Crippen molar-refractivity contribution in [3.05, 3.63) is 41.5 Å². The summed E-state index contributed by atoms with van der Waals surface area (Å²) in [6.45, 7) is 3.86. The van der Waals surface area contributed by atoms with Gasteiger partial charge in [-0.25, -0.2) is 9.67 Å². The van der Waals surface area contributed by atoms with E-state index in [2.05, 4.69) is 25.0 Å². The van der Waals surface area contributed by atoms with Crippen molar-refractivity contribution in [2.24, 2.45) is 0 Å². The van der Waals surface area contributed by atoms with Gasteiger partial charge in [-0.05, 0) is 31.5 Å². The first-order valence-electron chi connectivity index (χ1n) is 5.57. The largest absolute Gasteiger partial charge is 0.271 e. The number of rotatable bonds is 2. The van der Waals surface area contributed by atoms with Gasteiger partial charge in [-0.1, -0.05) is 0 Å². The zero-order valence-corrected chi connectivity index (χ0v) is 11.1. The lowest BCUT2D eigenvalue weighted by molar-refractivity contribution is 0.769. The van der Waals surface area contributed by atoms with E-state index >= 15 is 0 Å². The number of halogens is 1. The predicted octanol–water partition coefficient (Wildman–Crippen LogP) is 1.51. The Hall–Kier alpha value is -2.28. The highest BCUT2D eigenvalue weighted by atomic mass is 35.5. The molecule has 0 aliphatic rings. The average Bonchev–Trinajstić information content (AvgIpc) is 3.01. The quantitative estimate of drug-likeness (QED) is 0.709. The van der Waals surface area contributed by atoms with Crippen LogP contribution in [0.4, 0.5) is 0 Å². The van der Waals surface area contributed by atoms with E-state index in [-0.39, 0.29) is 5.28 Å². The Morgan fingerprint density at radius 1 is 1.11 bits per heavy atom. The van der Waals surface area contributed by atoms with E-state index in [0.717, 1.165) is 11.4 Å². The molecule has 3 heterocycles. The summed E-state index contributed by atoms with van der Waals surface area (Å²) in [6.07, 6.45) is 5.04. The van der Waals surface area contributed by atoms with Crippen LogP contribution >= 0.6 is 11.6 Å². The Morgan fingerprint density at radius 2 is 1.89 bits per heavy atom. The molecule has 3 aromatic rings. The number of aromatic nitrogens is 7. The normalized spacial score (nSPS) is 10.9. The fourth-order valence-electron chi connectivity index (χ4n) is 1.63. The van der Waals surface area contributed by atoms with E-state index in [1.807, 2.05) is 13.8 Å². The second-order valence-electron chi connectivity index (χ2n) is 3.94. The van der Waals surface area contributed by atoms with Gasteiger partial charge in [0, 0.05) is 18.1 Å². The van der Waals surface area contributed by atoms with Crippen LogP contribution in [0.15, 0.2) is 24.8 Å². The second kappa shape index (κ2) is 4.43. The highest BCUT2D eigenvalue weighted by Crippen LogP contribution is 2.13.